The lowest BCUT2D eigenvalue weighted by Crippen LogP contribution is -2.25. The topological polar surface area (TPSA) is 55.4 Å². The number of halogens is 1. The van der Waals surface area contributed by atoms with Crippen molar-refractivity contribution in [1.29, 1.82) is 0 Å². The zero-order chi connectivity index (χ0) is 18.5. The Hall–Kier alpha value is -2.95. The minimum Gasteiger partial charge on any atom is -0.491 e. The molecule has 0 bridgehead atoms. The normalized spacial score (nSPS) is 23.3. The first-order valence-electron chi connectivity index (χ1n) is 8.47. The number of allylic oxidation sites excluding steroid dienone is 1. The number of hydrogen-bond acceptors (Lipinski definition) is 3. The average Bonchev–Trinajstić information content (AvgIpc) is 3.09. The molecule has 0 aliphatic carbocycles. The van der Waals surface area contributed by atoms with Gasteiger partial charge in [0.15, 0.2) is 0 Å². The first kappa shape index (κ1) is 16.5. The highest BCUT2D eigenvalue weighted by Gasteiger charge is 2.43. The summed E-state index contributed by atoms with van der Waals surface area (Å²) in [5, 5.41) is 2.77. The zero-order valence-electron chi connectivity index (χ0n) is 14.5. The van der Waals surface area contributed by atoms with E-state index in [1.54, 1.807) is 18.2 Å². The number of rotatable bonds is 2. The largest absolute Gasteiger partial charge is 0.491 e. The molecule has 2 aliphatic heterocycles. The lowest BCUT2D eigenvalue weighted by molar-refractivity contribution is -0.111. The average molecular weight is 351 g/mol. The Morgan fingerprint density at radius 2 is 1.92 bits per heavy atom. The first-order chi connectivity index (χ1) is 12.4. The monoisotopic (exact) mass is 351 g/mol. The summed E-state index contributed by atoms with van der Waals surface area (Å²) in [5.74, 6) is -0.0672. The Labute approximate surface area is 150 Å². The number of amides is 1. The summed E-state index contributed by atoms with van der Waals surface area (Å²) in [6.07, 6.45) is 1.34. The van der Waals surface area contributed by atoms with E-state index in [1.807, 2.05) is 26.0 Å². The van der Waals surface area contributed by atoms with Gasteiger partial charge in [-0.05, 0) is 37.6 Å². The molecule has 1 unspecified atom stereocenters. The molecule has 4 rings (SSSR count). The van der Waals surface area contributed by atoms with Crippen molar-refractivity contribution in [1.82, 2.24) is 0 Å². The molecule has 0 aromatic heterocycles. The van der Waals surface area contributed by atoms with Crippen LogP contribution in [-0.4, -0.2) is 17.8 Å². The van der Waals surface area contributed by atoms with E-state index < -0.39 is 11.4 Å². The van der Waals surface area contributed by atoms with E-state index in [9.17, 15) is 14.0 Å². The Balaban J connectivity index is 1.76. The highest BCUT2D eigenvalue weighted by Crippen LogP contribution is 2.48. The second kappa shape index (κ2) is 5.80. The summed E-state index contributed by atoms with van der Waals surface area (Å²) in [4.78, 5) is 23.3. The maximum absolute atomic E-state index is 13.7. The van der Waals surface area contributed by atoms with Gasteiger partial charge in [0, 0.05) is 29.2 Å². The van der Waals surface area contributed by atoms with Crippen molar-refractivity contribution in [2.45, 2.75) is 31.8 Å². The summed E-state index contributed by atoms with van der Waals surface area (Å²) in [5.41, 5.74) is 2.66. The lowest BCUT2D eigenvalue weighted by Gasteiger charge is -2.26. The summed E-state index contributed by atoms with van der Waals surface area (Å²) in [7, 11) is 0. The van der Waals surface area contributed by atoms with Crippen LogP contribution in [0.1, 0.15) is 47.7 Å². The number of fused-ring (bicyclic) bond motifs is 1. The summed E-state index contributed by atoms with van der Waals surface area (Å²) in [6, 6.07) is 11.6. The molecule has 0 saturated carbocycles. The van der Waals surface area contributed by atoms with E-state index in [4.69, 9.17) is 4.74 Å². The van der Waals surface area contributed by atoms with Crippen molar-refractivity contribution < 1.29 is 18.7 Å². The maximum Gasteiger partial charge on any atom is 0.259 e. The fourth-order valence-corrected chi connectivity index (χ4v) is 3.76. The molecule has 2 heterocycles. The molecule has 2 aromatic rings. The SMILES string of the molecule is CC1(C)OC(=C2C(=O)Nc3ccc(F)cc32)CC1c1ccc(C=O)cc1. The molecule has 132 valence electrons. The van der Waals surface area contributed by atoms with Gasteiger partial charge in [-0.15, -0.1) is 0 Å². The van der Waals surface area contributed by atoms with Crippen LogP contribution in [0, 0.1) is 5.82 Å². The van der Waals surface area contributed by atoms with E-state index in [0.29, 0.717) is 34.6 Å². The number of nitrogens with one attached hydrogen (secondary N) is 1. The molecular formula is C21H18FNO3. The van der Waals surface area contributed by atoms with Crippen LogP contribution in [-0.2, 0) is 9.53 Å². The van der Waals surface area contributed by atoms with Crippen LogP contribution in [0.2, 0.25) is 0 Å². The first-order valence-corrected chi connectivity index (χ1v) is 8.47. The van der Waals surface area contributed by atoms with Crippen LogP contribution in [0.3, 0.4) is 0 Å². The Morgan fingerprint density at radius 1 is 1.19 bits per heavy atom. The van der Waals surface area contributed by atoms with Gasteiger partial charge in [-0.3, -0.25) is 9.59 Å². The molecule has 2 aromatic carbocycles. The number of aldehydes is 1. The molecule has 1 fully saturated rings. The predicted octanol–water partition coefficient (Wildman–Crippen LogP) is 4.28. The predicted molar refractivity (Wildman–Crippen MR) is 96.3 cm³/mol. The molecule has 5 heteroatoms. The summed E-state index contributed by atoms with van der Waals surface area (Å²) < 4.78 is 19.8. The number of benzene rings is 2. The highest BCUT2D eigenvalue weighted by molar-refractivity contribution is 6.32. The molecule has 26 heavy (non-hydrogen) atoms. The Morgan fingerprint density at radius 3 is 2.62 bits per heavy atom. The van der Waals surface area contributed by atoms with Gasteiger partial charge in [-0.1, -0.05) is 24.3 Å². The Kier molecular flexibility index (Phi) is 3.68. The molecular weight excluding hydrogens is 333 g/mol. The zero-order valence-corrected chi connectivity index (χ0v) is 14.5. The van der Waals surface area contributed by atoms with Crippen molar-refractivity contribution in [3.05, 3.63) is 70.7 Å². The van der Waals surface area contributed by atoms with Gasteiger partial charge in [0.2, 0.25) is 0 Å². The van der Waals surface area contributed by atoms with Gasteiger partial charge in [0.25, 0.3) is 5.91 Å². The van der Waals surface area contributed by atoms with Gasteiger partial charge < -0.3 is 10.1 Å². The van der Waals surface area contributed by atoms with E-state index in [-0.39, 0.29) is 11.8 Å². The minimum absolute atomic E-state index is 0.0242. The fourth-order valence-electron chi connectivity index (χ4n) is 3.76. The van der Waals surface area contributed by atoms with Crippen LogP contribution in [0.15, 0.2) is 48.2 Å². The minimum atomic E-state index is -0.526. The van der Waals surface area contributed by atoms with E-state index in [1.165, 1.54) is 12.1 Å². The van der Waals surface area contributed by atoms with Crippen molar-refractivity contribution in [2.24, 2.45) is 0 Å². The third kappa shape index (κ3) is 2.60. The van der Waals surface area contributed by atoms with Crippen LogP contribution in [0.4, 0.5) is 10.1 Å². The lowest BCUT2D eigenvalue weighted by atomic mass is 9.83. The molecule has 1 amide bonds. The number of anilines is 1. The second-order valence-electron chi connectivity index (χ2n) is 7.19. The number of carbonyl (C=O) groups is 2. The van der Waals surface area contributed by atoms with Gasteiger partial charge in [-0.25, -0.2) is 4.39 Å². The standard InChI is InChI=1S/C21H18FNO3/c1-21(2)16(13-5-3-12(11-24)4-6-13)10-18(26-21)19-15-9-14(22)7-8-17(15)23-20(19)25/h3-9,11,16H,10H2,1-2H3,(H,23,25). The van der Waals surface area contributed by atoms with E-state index in [2.05, 4.69) is 5.32 Å². The molecule has 1 atom stereocenters. The Bertz CT molecular complexity index is 944. The van der Waals surface area contributed by atoms with Gasteiger partial charge >= 0.3 is 0 Å². The van der Waals surface area contributed by atoms with Crippen LogP contribution in [0.5, 0.6) is 0 Å². The molecule has 1 N–H and O–H groups in total. The van der Waals surface area contributed by atoms with Gasteiger partial charge in [0.05, 0.1) is 5.57 Å². The summed E-state index contributed by atoms with van der Waals surface area (Å²) in [6.45, 7) is 3.94. The maximum atomic E-state index is 13.7. The number of ether oxygens (including phenoxy) is 1. The molecule has 0 radical (unpaired) electrons. The third-order valence-corrected chi connectivity index (χ3v) is 5.09. The van der Waals surface area contributed by atoms with Crippen LogP contribution in [0.25, 0.3) is 5.57 Å². The van der Waals surface area contributed by atoms with Crippen molar-refractivity contribution in [3.8, 4) is 0 Å². The number of hydrogen-bond donors (Lipinski definition) is 1. The third-order valence-electron chi connectivity index (χ3n) is 5.09. The second-order valence-corrected chi connectivity index (χ2v) is 7.19. The fraction of sp³-hybridized carbons (Fsp3) is 0.238. The van der Waals surface area contributed by atoms with Crippen molar-refractivity contribution in [2.75, 3.05) is 5.32 Å². The van der Waals surface area contributed by atoms with E-state index >= 15 is 0 Å². The quantitative estimate of drug-likeness (QED) is 0.649. The number of carbonyl (C=O) groups excluding carboxylic acids is 2. The molecule has 0 spiro atoms. The van der Waals surface area contributed by atoms with Crippen molar-refractivity contribution >= 4 is 23.5 Å². The van der Waals surface area contributed by atoms with Crippen LogP contribution >= 0.6 is 0 Å². The van der Waals surface area contributed by atoms with Gasteiger partial charge in [-0.2, -0.15) is 0 Å². The molecule has 4 nitrogen and oxygen atoms in total. The highest BCUT2D eigenvalue weighted by atomic mass is 19.1. The van der Waals surface area contributed by atoms with E-state index in [0.717, 1.165) is 11.8 Å². The smallest absolute Gasteiger partial charge is 0.259 e. The van der Waals surface area contributed by atoms with Crippen molar-refractivity contribution in [3.63, 3.8) is 0 Å². The summed E-state index contributed by atoms with van der Waals surface area (Å²) >= 11 is 0. The molecule has 1 saturated heterocycles. The van der Waals surface area contributed by atoms with Crippen LogP contribution < -0.4 is 5.32 Å². The van der Waals surface area contributed by atoms with Gasteiger partial charge in [0.1, 0.15) is 23.5 Å². The molecule has 2 aliphatic rings.